The van der Waals surface area contributed by atoms with Gasteiger partial charge in [-0.05, 0) is 38.5 Å². The molecule has 0 aromatic heterocycles. The monoisotopic (exact) mass is 326 g/mol. The van der Waals surface area contributed by atoms with E-state index < -0.39 is 7.60 Å². The summed E-state index contributed by atoms with van der Waals surface area (Å²) >= 11 is 0. The molecular formula is C16H23O5P. The number of rotatable bonds is 8. The molecule has 0 amide bonds. The zero-order valence-electron chi connectivity index (χ0n) is 13.5. The maximum absolute atomic E-state index is 12.4. The van der Waals surface area contributed by atoms with Gasteiger partial charge in [-0.1, -0.05) is 23.8 Å². The first kappa shape index (κ1) is 18.6. The lowest BCUT2D eigenvalue weighted by Gasteiger charge is -2.17. The summed E-state index contributed by atoms with van der Waals surface area (Å²) in [6.45, 7) is 6.14. The van der Waals surface area contributed by atoms with Gasteiger partial charge in [0.2, 0.25) is 0 Å². The van der Waals surface area contributed by atoms with E-state index in [1.807, 2.05) is 25.1 Å². The molecule has 0 bridgehead atoms. The average Bonchev–Trinajstić information content (AvgIpc) is 2.47. The molecule has 0 saturated heterocycles. The smallest absolute Gasteiger partial charge is 0.337 e. The number of benzene rings is 1. The molecule has 0 aliphatic rings. The lowest BCUT2D eigenvalue weighted by molar-refractivity contribution is 0.0600. The van der Waals surface area contributed by atoms with Crippen molar-refractivity contribution in [1.29, 1.82) is 0 Å². The van der Waals surface area contributed by atoms with E-state index in [2.05, 4.69) is 4.74 Å². The van der Waals surface area contributed by atoms with Gasteiger partial charge in [0.1, 0.15) is 0 Å². The van der Waals surface area contributed by atoms with E-state index in [1.54, 1.807) is 26.0 Å². The Morgan fingerprint density at radius 3 is 2.14 bits per heavy atom. The van der Waals surface area contributed by atoms with Crippen LogP contribution in [0, 0.1) is 0 Å². The Kier molecular flexibility index (Phi) is 7.52. The topological polar surface area (TPSA) is 61.8 Å². The molecule has 6 heteroatoms. The third kappa shape index (κ3) is 5.76. The van der Waals surface area contributed by atoms with Gasteiger partial charge in [-0.3, -0.25) is 4.57 Å². The normalized spacial score (nSPS) is 12.3. The van der Waals surface area contributed by atoms with Crippen molar-refractivity contribution in [3.8, 4) is 0 Å². The van der Waals surface area contributed by atoms with Crippen molar-refractivity contribution in [2.24, 2.45) is 0 Å². The summed E-state index contributed by atoms with van der Waals surface area (Å²) in [7, 11) is -1.74. The number of carbonyl (C=O) groups is 1. The fraction of sp³-hybridized carbons (Fsp3) is 0.438. The minimum absolute atomic E-state index is 0.243. The number of carbonyl (C=O) groups excluding carboxylic acids is 1. The highest BCUT2D eigenvalue weighted by atomic mass is 31.2. The Bertz CT molecular complexity index is 552. The van der Waals surface area contributed by atoms with Gasteiger partial charge in [0, 0.05) is 0 Å². The molecule has 0 unspecified atom stereocenters. The highest BCUT2D eigenvalue weighted by Crippen LogP contribution is 2.49. The third-order valence-corrected chi connectivity index (χ3v) is 5.03. The van der Waals surface area contributed by atoms with E-state index in [0.717, 1.165) is 11.1 Å². The number of esters is 1. The molecule has 0 atom stereocenters. The molecule has 0 fully saturated rings. The van der Waals surface area contributed by atoms with E-state index in [0.29, 0.717) is 18.8 Å². The summed E-state index contributed by atoms with van der Waals surface area (Å²) in [5.74, 6) is -0.371. The van der Waals surface area contributed by atoms with Crippen LogP contribution in [0.3, 0.4) is 0 Å². The molecule has 0 heterocycles. The Labute approximate surface area is 131 Å². The Hall–Kier alpha value is -1.42. The predicted octanol–water partition coefficient (Wildman–Crippen LogP) is 4.14. The Morgan fingerprint density at radius 1 is 1.14 bits per heavy atom. The largest absolute Gasteiger partial charge is 0.465 e. The molecule has 0 aliphatic carbocycles. The molecule has 1 rings (SSSR count). The van der Waals surface area contributed by atoms with Crippen LogP contribution in [0.1, 0.15) is 36.7 Å². The molecule has 122 valence electrons. The first-order chi connectivity index (χ1) is 10.4. The lowest BCUT2D eigenvalue weighted by Crippen LogP contribution is -2.01. The zero-order chi connectivity index (χ0) is 16.6. The van der Waals surface area contributed by atoms with Crippen molar-refractivity contribution in [1.82, 2.24) is 0 Å². The van der Waals surface area contributed by atoms with Gasteiger partial charge in [-0.15, -0.1) is 0 Å². The van der Waals surface area contributed by atoms with Crippen molar-refractivity contribution < 1.29 is 23.1 Å². The van der Waals surface area contributed by atoms with Crippen molar-refractivity contribution in [2.45, 2.75) is 20.8 Å². The van der Waals surface area contributed by atoms with Crippen LogP contribution < -0.4 is 0 Å². The third-order valence-electron chi connectivity index (χ3n) is 2.84. The van der Waals surface area contributed by atoms with E-state index in [-0.39, 0.29) is 12.1 Å². The van der Waals surface area contributed by atoms with Gasteiger partial charge in [0.15, 0.2) is 0 Å². The fourth-order valence-corrected chi connectivity index (χ4v) is 3.74. The number of methoxy groups -OCH3 is 1. The first-order valence-corrected chi connectivity index (χ1v) is 8.90. The Balaban J connectivity index is 2.83. The van der Waals surface area contributed by atoms with Gasteiger partial charge < -0.3 is 13.8 Å². The minimum Gasteiger partial charge on any atom is -0.465 e. The van der Waals surface area contributed by atoms with Gasteiger partial charge in [0.05, 0.1) is 32.0 Å². The van der Waals surface area contributed by atoms with E-state index in [9.17, 15) is 9.36 Å². The predicted molar refractivity (Wildman–Crippen MR) is 87.2 cm³/mol. The van der Waals surface area contributed by atoms with Crippen molar-refractivity contribution >= 4 is 19.6 Å². The van der Waals surface area contributed by atoms with Crippen LogP contribution >= 0.6 is 7.60 Å². The molecule has 1 aromatic carbocycles. The quantitative estimate of drug-likeness (QED) is 0.530. The van der Waals surface area contributed by atoms with Gasteiger partial charge in [0.25, 0.3) is 0 Å². The van der Waals surface area contributed by atoms with Crippen LogP contribution in [-0.4, -0.2) is 32.5 Å². The number of hydrogen-bond donors (Lipinski definition) is 0. The molecule has 0 aliphatic heterocycles. The summed E-state index contributed by atoms with van der Waals surface area (Å²) < 4.78 is 27.7. The summed E-state index contributed by atoms with van der Waals surface area (Å²) in [6, 6.07) is 7.00. The summed E-state index contributed by atoms with van der Waals surface area (Å²) in [5, 5.41) is 0. The van der Waals surface area contributed by atoms with E-state index in [4.69, 9.17) is 9.05 Å². The van der Waals surface area contributed by atoms with Crippen LogP contribution in [0.25, 0.3) is 6.08 Å². The van der Waals surface area contributed by atoms with Crippen LogP contribution in [0.15, 0.2) is 29.8 Å². The number of ether oxygens (including phenoxy) is 1. The van der Waals surface area contributed by atoms with Gasteiger partial charge in [-0.25, -0.2) is 4.79 Å². The molecule has 0 spiro atoms. The summed E-state index contributed by atoms with van der Waals surface area (Å²) in [4.78, 5) is 11.4. The summed E-state index contributed by atoms with van der Waals surface area (Å²) in [6.07, 6.45) is 2.14. The van der Waals surface area contributed by atoms with E-state index >= 15 is 0 Å². The average molecular weight is 326 g/mol. The molecule has 1 aromatic rings. The summed E-state index contributed by atoms with van der Waals surface area (Å²) in [5.41, 5.74) is 2.28. The van der Waals surface area contributed by atoms with Crippen LogP contribution in [0.4, 0.5) is 0 Å². The van der Waals surface area contributed by atoms with Crippen molar-refractivity contribution in [2.75, 3.05) is 26.5 Å². The second-order valence-electron chi connectivity index (χ2n) is 4.71. The second-order valence-corrected chi connectivity index (χ2v) is 6.76. The van der Waals surface area contributed by atoms with Crippen LogP contribution in [0.2, 0.25) is 0 Å². The highest BCUT2D eigenvalue weighted by Gasteiger charge is 2.23. The maximum Gasteiger partial charge on any atom is 0.337 e. The molecular weight excluding hydrogens is 303 g/mol. The molecule has 0 radical (unpaired) electrons. The fourth-order valence-electron chi connectivity index (χ4n) is 1.99. The second kappa shape index (κ2) is 8.89. The number of hydrogen-bond acceptors (Lipinski definition) is 5. The standard InChI is InChI=1S/C16H23O5P/c1-5-20-22(18,21-6-2)12-13(3)11-14-7-9-15(10-8-14)16(17)19-4/h7-11H,5-6,12H2,1-4H3/b13-11+. The van der Waals surface area contributed by atoms with Gasteiger partial charge in [-0.2, -0.15) is 0 Å². The van der Waals surface area contributed by atoms with Crippen LogP contribution in [-0.2, 0) is 18.3 Å². The molecule has 22 heavy (non-hydrogen) atoms. The first-order valence-electron chi connectivity index (χ1n) is 7.17. The molecule has 0 N–H and O–H groups in total. The van der Waals surface area contributed by atoms with Crippen molar-refractivity contribution in [3.63, 3.8) is 0 Å². The molecule has 0 saturated carbocycles. The zero-order valence-corrected chi connectivity index (χ0v) is 14.4. The molecule has 5 nitrogen and oxygen atoms in total. The maximum atomic E-state index is 12.4. The minimum atomic E-state index is -3.08. The number of allylic oxidation sites excluding steroid dienone is 1. The van der Waals surface area contributed by atoms with Crippen LogP contribution in [0.5, 0.6) is 0 Å². The SMILES string of the molecule is CCOP(=O)(C/C(C)=C/c1ccc(C(=O)OC)cc1)OCC. The lowest BCUT2D eigenvalue weighted by atomic mass is 10.1. The highest BCUT2D eigenvalue weighted by molar-refractivity contribution is 7.54. The Morgan fingerprint density at radius 2 is 1.68 bits per heavy atom. The van der Waals surface area contributed by atoms with Crippen molar-refractivity contribution in [3.05, 3.63) is 41.0 Å². The van der Waals surface area contributed by atoms with Gasteiger partial charge >= 0.3 is 13.6 Å². The van der Waals surface area contributed by atoms with E-state index in [1.165, 1.54) is 7.11 Å².